The van der Waals surface area contributed by atoms with Gasteiger partial charge in [-0.25, -0.2) is 4.79 Å². The van der Waals surface area contributed by atoms with Crippen LogP contribution in [0.15, 0.2) is 24.3 Å². The lowest BCUT2D eigenvalue weighted by Crippen LogP contribution is -2.33. The molecule has 1 amide bonds. The molecule has 0 aliphatic heterocycles. The molecule has 120 valence electrons. The fourth-order valence-electron chi connectivity index (χ4n) is 1.47. The van der Waals surface area contributed by atoms with Gasteiger partial charge in [-0.15, -0.1) is 0 Å². The third-order valence-electron chi connectivity index (χ3n) is 2.25. The Morgan fingerprint density at radius 1 is 1.24 bits per heavy atom. The third-order valence-corrected chi connectivity index (χ3v) is 2.25. The first-order chi connectivity index (χ1) is 9.87. The number of benzene rings is 1. The molecule has 0 saturated carbocycles. The number of alkyl carbamates (subject to hydrolysis) is 1. The van der Waals surface area contributed by atoms with E-state index in [4.69, 9.17) is 9.47 Å². The van der Waals surface area contributed by atoms with Crippen molar-refractivity contribution in [1.29, 1.82) is 0 Å². The Kier molecular flexibility index (Phi) is 9.26. The normalized spacial score (nSPS) is 10.2. The van der Waals surface area contributed by atoms with Gasteiger partial charge in [0.15, 0.2) is 0 Å². The van der Waals surface area contributed by atoms with Gasteiger partial charge in [0.05, 0.1) is 6.61 Å². The van der Waals surface area contributed by atoms with Gasteiger partial charge in [-0.1, -0.05) is 26.0 Å². The summed E-state index contributed by atoms with van der Waals surface area (Å²) < 4.78 is 10.7. The van der Waals surface area contributed by atoms with Gasteiger partial charge < -0.3 is 14.8 Å². The Balaban J connectivity index is 0.00000191. The van der Waals surface area contributed by atoms with Gasteiger partial charge in [-0.3, -0.25) is 0 Å². The number of nitrogens with one attached hydrogen (secondary N) is 1. The first-order valence-electron chi connectivity index (χ1n) is 7.53. The highest BCUT2D eigenvalue weighted by atomic mass is 16.6. The van der Waals surface area contributed by atoms with Crippen molar-refractivity contribution >= 4 is 6.09 Å². The molecule has 0 aliphatic rings. The molecular formula is C17H29NO3. The average molecular weight is 295 g/mol. The molecule has 0 bridgehead atoms. The highest BCUT2D eigenvalue weighted by molar-refractivity contribution is 5.67. The summed E-state index contributed by atoms with van der Waals surface area (Å²) in [6.07, 6.45) is 0.357. The molecular weight excluding hydrogens is 266 g/mol. The zero-order chi connectivity index (χ0) is 16.3. The lowest BCUT2D eigenvalue weighted by molar-refractivity contribution is 0.0525. The second-order valence-electron chi connectivity index (χ2n) is 5.45. The average Bonchev–Trinajstić information content (AvgIpc) is 2.38. The Morgan fingerprint density at radius 3 is 2.48 bits per heavy atom. The maximum atomic E-state index is 11.4. The first-order valence-corrected chi connectivity index (χ1v) is 7.53. The van der Waals surface area contributed by atoms with E-state index in [0.29, 0.717) is 13.2 Å². The van der Waals surface area contributed by atoms with Gasteiger partial charge in [0.25, 0.3) is 0 Å². The van der Waals surface area contributed by atoms with Crippen LogP contribution in [0.4, 0.5) is 4.79 Å². The van der Waals surface area contributed by atoms with Crippen LogP contribution in [0.25, 0.3) is 0 Å². The molecule has 1 aromatic carbocycles. The number of amides is 1. The van der Waals surface area contributed by atoms with Crippen molar-refractivity contribution in [3.63, 3.8) is 0 Å². The summed E-state index contributed by atoms with van der Waals surface area (Å²) in [5.41, 5.74) is 0.715. The number of rotatable bonds is 5. The van der Waals surface area contributed by atoms with Crippen LogP contribution in [0.1, 0.15) is 46.6 Å². The van der Waals surface area contributed by atoms with E-state index in [1.165, 1.54) is 5.56 Å². The van der Waals surface area contributed by atoms with Crippen LogP contribution < -0.4 is 10.1 Å². The molecule has 0 saturated heterocycles. The monoisotopic (exact) mass is 295 g/mol. The van der Waals surface area contributed by atoms with E-state index in [1.807, 2.05) is 65.8 Å². The standard InChI is InChI=1S/C15H23NO3.C2H6/c1-12-7-5-8-13(11-12)18-10-6-9-16-14(17)19-15(2,3)4;1-2/h5,7-8,11H,6,9-10H2,1-4H3,(H,16,17);1-2H3. The number of hydrogen-bond acceptors (Lipinski definition) is 3. The van der Waals surface area contributed by atoms with Crippen LogP contribution in [-0.4, -0.2) is 24.8 Å². The summed E-state index contributed by atoms with van der Waals surface area (Å²) in [7, 11) is 0. The molecule has 0 radical (unpaired) electrons. The van der Waals surface area contributed by atoms with Gasteiger partial charge >= 0.3 is 6.09 Å². The molecule has 0 aromatic heterocycles. The predicted molar refractivity (Wildman–Crippen MR) is 86.9 cm³/mol. The Labute approximate surface area is 128 Å². The zero-order valence-corrected chi connectivity index (χ0v) is 14.2. The quantitative estimate of drug-likeness (QED) is 0.823. The number of ether oxygens (including phenoxy) is 2. The SMILES string of the molecule is CC.Cc1cccc(OCCCNC(=O)OC(C)(C)C)c1. The summed E-state index contributed by atoms with van der Waals surface area (Å²) in [4.78, 5) is 11.4. The molecule has 21 heavy (non-hydrogen) atoms. The largest absolute Gasteiger partial charge is 0.494 e. The van der Waals surface area contributed by atoms with Crippen LogP contribution in [0, 0.1) is 6.92 Å². The first kappa shape index (κ1) is 19.3. The number of carbonyl (C=O) groups excluding carboxylic acids is 1. The molecule has 1 rings (SSSR count). The maximum Gasteiger partial charge on any atom is 0.407 e. The maximum absolute atomic E-state index is 11.4. The van der Waals surface area contributed by atoms with Crippen LogP contribution in [0.2, 0.25) is 0 Å². The van der Waals surface area contributed by atoms with Crippen LogP contribution in [0.5, 0.6) is 5.75 Å². The van der Waals surface area contributed by atoms with Crippen LogP contribution in [0.3, 0.4) is 0 Å². The predicted octanol–water partition coefficient (Wildman–Crippen LogP) is 4.31. The number of carbonyl (C=O) groups is 1. The molecule has 0 heterocycles. The second-order valence-corrected chi connectivity index (χ2v) is 5.45. The summed E-state index contributed by atoms with van der Waals surface area (Å²) in [6.45, 7) is 12.7. The summed E-state index contributed by atoms with van der Waals surface area (Å²) in [5, 5.41) is 2.70. The van der Waals surface area contributed by atoms with E-state index in [-0.39, 0.29) is 6.09 Å². The van der Waals surface area contributed by atoms with Crippen molar-refractivity contribution in [1.82, 2.24) is 5.32 Å². The second kappa shape index (κ2) is 10.1. The van der Waals surface area contributed by atoms with E-state index in [2.05, 4.69) is 5.32 Å². The molecule has 4 heteroatoms. The van der Waals surface area contributed by atoms with E-state index < -0.39 is 5.60 Å². The van der Waals surface area contributed by atoms with Crippen molar-refractivity contribution in [2.45, 2.75) is 53.6 Å². The molecule has 4 nitrogen and oxygen atoms in total. The summed E-state index contributed by atoms with van der Waals surface area (Å²) in [6, 6.07) is 7.90. The van der Waals surface area contributed by atoms with Crippen molar-refractivity contribution in [2.75, 3.05) is 13.2 Å². The Morgan fingerprint density at radius 2 is 1.90 bits per heavy atom. The lowest BCUT2D eigenvalue weighted by atomic mass is 10.2. The molecule has 1 aromatic rings. The van der Waals surface area contributed by atoms with E-state index in [9.17, 15) is 4.79 Å². The zero-order valence-electron chi connectivity index (χ0n) is 14.2. The number of hydrogen-bond donors (Lipinski definition) is 1. The lowest BCUT2D eigenvalue weighted by Gasteiger charge is -2.19. The van der Waals surface area contributed by atoms with Crippen LogP contribution in [-0.2, 0) is 4.74 Å². The third kappa shape index (κ3) is 10.7. The highest BCUT2D eigenvalue weighted by Gasteiger charge is 2.15. The Hall–Kier alpha value is -1.71. The van der Waals surface area contributed by atoms with Gasteiger partial charge in [-0.05, 0) is 51.8 Å². The minimum atomic E-state index is -0.456. The van der Waals surface area contributed by atoms with Gasteiger partial charge in [0.2, 0.25) is 0 Å². The van der Waals surface area contributed by atoms with Crippen molar-refractivity contribution in [2.24, 2.45) is 0 Å². The minimum absolute atomic E-state index is 0.386. The van der Waals surface area contributed by atoms with Crippen molar-refractivity contribution < 1.29 is 14.3 Å². The molecule has 1 N–H and O–H groups in total. The fraction of sp³-hybridized carbons (Fsp3) is 0.588. The Bertz CT molecular complexity index is 411. The molecule has 0 unspecified atom stereocenters. The molecule has 0 aliphatic carbocycles. The summed E-state index contributed by atoms with van der Waals surface area (Å²) >= 11 is 0. The van der Waals surface area contributed by atoms with E-state index in [1.54, 1.807) is 0 Å². The molecule has 0 spiro atoms. The van der Waals surface area contributed by atoms with E-state index in [0.717, 1.165) is 12.2 Å². The highest BCUT2D eigenvalue weighted by Crippen LogP contribution is 2.12. The molecule has 0 fully saturated rings. The summed E-state index contributed by atoms with van der Waals surface area (Å²) in [5.74, 6) is 0.859. The van der Waals surface area contributed by atoms with Gasteiger partial charge in [0.1, 0.15) is 11.4 Å². The fourth-order valence-corrected chi connectivity index (χ4v) is 1.47. The van der Waals surface area contributed by atoms with Crippen molar-refractivity contribution in [3.8, 4) is 5.75 Å². The van der Waals surface area contributed by atoms with Gasteiger partial charge in [0, 0.05) is 6.54 Å². The van der Waals surface area contributed by atoms with Crippen LogP contribution >= 0.6 is 0 Å². The molecule has 0 atom stereocenters. The van der Waals surface area contributed by atoms with E-state index >= 15 is 0 Å². The van der Waals surface area contributed by atoms with Crippen molar-refractivity contribution in [3.05, 3.63) is 29.8 Å². The smallest absolute Gasteiger partial charge is 0.407 e. The topological polar surface area (TPSA) is 47.6 Å². The number of aryl methyl sites for hydroxylation is 1. The van der Waals surface area contributed by atoms with Gasteiger partial charge in [-0.2, -0.15) is 0 Å². The minimum Gasteiger partial charge on any atom is -0.494 e.